The zero-order chi connectivity index (χ0) is 27.4. The number of carbonyl (C=O) groups excluding carboxylic acids is 2. The lowest BCUT2D eigenvalue weighted by Crippen LogP contribution is -2.45. The summed E-state index contributed by atoms with van der Waals surface area (Å²) in [5, 5.41) is 11.4. The molecule has 0 bridgehead atoms. The average molecular weight is 535 g/mol. The van der Waals surface area contributed by atoms with Crippen LogP contribution in [0.3, 0.4) is 0 Å². The molecule has 0 aromatic carbocycles. The molecule has 0 amide bonds. The van der Waals surface area contributed by atoms with Crippen LogP contribution in [-0.4, -0.2) is 43.5 Å². The maximum atomic E-state index is 13.4. The number of fused-ring (bicyclic) bond motifs is 1. The second-order valence-corrected chi connectivity index (χ2v) is 18.6. The highest BCUT2D eigenvalue weighted by Gasteiger charge is 2.53. The number of ketones is 1. The van der Waals surface area contributed by atoms with Gasteiger partial charge in [0.15, 0.2) is 8.32 Å². The fraction of sp³-hybridized carbons (Fsp3) is 0.871. The number of allylic oxidation sites excluding steroid dienone is 1. The van der Waals surface area contributed by atoms with Crippen molar-refractivity contribution < 1.29 is 23.9 Å². The van der Waals surface area contributed by atoms with E-state index in [-0.39, 0.29) is 34.7 Å². The number of Topliss-reactive ketones (excluding diaryl/α,β-unsaturated/α-hetero) is 1. The smallest absolute Gasteiger partial charge is 0.305 e. The number of aliphatic hydroxyl groups is 1. The molecule has 1 N–H and O–H groups in total. The van der Waals surface area contributed by atoms with E-state index in [1.807, 2.05) is 0 Å². The van der Waals surface area contributed by atoms with Crippen LogP contribution in [0.2, 0.25) is 18.1 Å². The Bertz CT molecular complexity index is 805. The highest BCUT2D eigenvalue weighted by atomic mass is 28.4. The van der Waals surface area contributed by atoms with Crippen LogP contribution in [0.1, 0.15) is 105 Å². The van der Waals surface area contributed by atoms with Crippen molar-refractivity contribution in [3.63, 3.8) is 0 Å². The van der Waals surface area contributed by atoms with E-state index in [0.29, 0.717) is 43.6 Å². The molecule has 37 heavy (non-hydrogen) atoms. The van der Waals surface area contributed by atoms with E-state index >= 15 is 0 Å². The zero-order valence-electron chi connectivity index (χ0n) is 24.7. The Balaban J connectivity index is 1.67. The van der Waals surface area contributed by atoms with Gasteiger partial charge in [-0.15, -0.1) is 0 Å². The molecule has 3 aliphatic carbocycles. The predicted molar refractivity (Wildman–Crippen MR) is 152 cm³/mol. The van der Waals surface area contributed by atoms with Crippen molar-refractivity contribution >= 4 is 20.1 Å². The van der Waals surface area contributed by atoms with Gasteiger partial charge in [0.05, 0.1) is 18.3 Å². The molecule has 6 unspecified atom stereocenters. The predicted octanol–water partition coefficient (Wildman–Crippen LogP) is 7.23. The fourth-order valence-electron chi connectivity index (χ4n) is 6.76. The van der Waals surface area contributed by atoms with Gasteiger partial charge in [0.25, 0.3) is 0 Å². The molecular weight excluding hydrogens is 480 g/mol. The van der Waals surface area contributed by atoms with Gasteiger partial charge in [0, 0.05) is 18.3 Å². The topological polar surface area (TPSA) is 72.8 Å². The molecule has 6 atom stereocenters. The Morgan fingerprint density at radius 2 is 1.78 bits per heavy atom. The van der Waals surface area contributed by atoms with E-state index < -0.39 is 13.9 Å². The highest BCUT2D eigenvalue weighted by Crippen LogP contribution is 2.52. The summed E-state index contributed by atoms with van der Waals surface area (Å²) in [6.45, 7) is 15.6. The summed E-state index contributed by atoms with van der Waals surface area (Å²) < 4.78 is 12.0. The molecule has 0 aromatic rings. The van der Waals surface area contributed by atoms with Crippen LogP contribution in [0, 0.1) is 29.6 Å². The van der Waals surface area contributed by atoms with Gasteiger partial charge < -0.3 is 14.3 Å². The molecule has 212 valence electrons. The van der Waals surface area contributed by atoms with Crippen molar-refractivity contribution in [3.8, 4) is 0 Å². The highest BCUT2D eigenvalue weighted by molar-refractivity contribution is 6.74. The van der Waals surface area contributed by atoms with E-state index in [1.165, 1.54) is 32.1 Å². The van der Waals surface area contributed by atoms with E-state index in [4.69, 9.17) is 9.16 Å². The number of esters is 1. The minimum absolute atomic E-state index is 0.0608. The first-order chi connectivity index (χ1) is 17.3. The normalized spacial score (nSPS) is 29.9. The minimum atomic E-state index is -1.90. The minimum Gasteiger partial charge on any atom is -0.466 e. The van der Waals surface area contributed by atoms with E-state index in [1.54, 1.807) is 13.8 Å². The fourth-order valence-corrected chi connectivity index (χ4v) is 8.06. The maximum absolute atomic E-state index is 13.4. The van der Waals surface area contributed by atoms with Gasteiger partial charge in [-0.05, 0) is 94.7 Å². The molecule has 0 aliphatic heterocycles. The number of ether oxygens (including phenoxy) is 1. The molecule has 0 saturated heterocycles. The largest absolute Gasteiger partial charge is 0.466 e. The lowest BCUT2D eigenvalue weighted by Gasteiger charge is -2.41. The Kier molecular flexibility index (Phi) is 10.3. The van der Waals surface area contributed by atoms with Crippen molar-refractivity contribution in [2.24, 2.45) is 29.6 Å². The maximum Gasteiger partial charge on any atom is 0.305 e. The lowest BCUT2D eigenvalue weighted by atomic mass is 9.80. The molecular formula is C31H54O5Si. The standard InChI is InChI=1S/C31H54O5Si/c1-8-35-28(32)15-12-20-31(5,34)26-21-25-22(16-18-24(25)29(26)33)17-19-27(23-13-10-9-11-14-23)36-37(6,7)30(2,3)4/h17,19,22-27,34H,8-16,18,20-21H2,1-7H3/b19-17+. The summed E-state index contributed by atoms with van der Waals surface area (Å²) >= 11 is 0. The third-order valence-corrected chi connectivity index (χ3v) is 14.6. The zero-order valence-corrected chi connectivity index (χ0v) is 25.7. The molecule has 0 heterocycles. The first kappa shape index (κ1) is 30.6. The molecule has 3 rings (SSSR count). The van der Waals surface area contributed by atoms with E-state index in [2.05, 4.69) is 46.0 Å². The second-order valence-electron chi connectivity index (χ2n) is 13.8. The molecule has 0 radical (unpaired) electrons. The Labute approximate surface area is 227 Å². The van der Waals surface area contributed by atoms with Crippen molar-refractivity contribution in [1.29, 1.82) is 0 Å². The van der Waals surface area contributed by atoms with E-state index in [0.717, 1.165) is 19.3 Å². The van der Waals surface area contributed by atoms with E-state index in [9.17, 15) is 14.7 Å². The summed E-state index contributed by atoms with van der Waals surface area (Å²) in [6, 6.07) is 0. The molecule has 0 spiro atoms. The average Bonchev–Trinajstić information content (AvgIpc) is 3.37. The van der Waals surface area contributed by atoms with Crippen molar-refractivity contribution in [3.05, 3.63) is 12.2 Å². The monoisotopic (exact) mass is 534 g/mol. The van der Waals surface area contributed by atoms with Gasteiger partial charge in [-0.1, -0.05) is 52.2 Å². The van der Waals surface area contributed by atoms with Gasteiger partial charge in [-0.3, -0.25) is 9.59 Å². The Hall–Kier alpha value is -0.983. The number of carbonyl (C=O) groups is 2. The summed E-state index contributed by atoms with van der Waals surface area (Å²) in [6.07, 6.45) is 15.4. The van der Waals surface area contributed by atoms with Gasteiger partial charge in [-0.25, -0.2) is 0 Å². The Morgan fingerprint density at radius 3 is 2.41 bits per heavy atom. The second kappa shape index (κ2) is 12.5. The van der Waals surface area contributed by atoms with Crippen LogP contribution in [-0.2, 0) is 18.8 Å². The van der Waals surface area contributed by atoms with Crippen LogP contribution in [0.25, 0.3) is 0 Å². The third-order valence-electron chi connectivity index (χ3n) is 10.1. The summed E-state index contributed by atoms with van der Waals surface area (Å²) in [7, 11) is -1.90. The van der Waals surface area contributed by atoms with Crippen LogP contribution >= 0.6 is 0 Å². The van der Waals surface area contributed by atoms with Crippen LogP contribution < -0.4 is 0 Å². The number of hydrogen-bond acceptors (Lipinski definition) is 5. The molecule has 6 heteroatoms. The molecule has 3 fully saturated rings. The van der Waals surface area contributed by atoms with Crippen LogP contribution in [0.15, 0.2) is 12.2 Å². The summed E-state index contributed by atoms with van der Waals surface area (Å²) in [5.74, 6) is 1.01. The molecule has 3 saturated carbocycles. The summed E-state index contributed by atoms with van der Waals surface area (Å²) in [5.41, 5.74) is -1.07. The van der Waals surface area contributed by atoms with Gasteiger partial charge in [-0.2, -0.15) is 0 Å². The number of hydrogen-bond donors (Lipinski definition) is 1. The van der Waals surface area contributed by atoms with Gasteiger partial charge in [0.1, 0.15) is 5.78 Å². The quantitative estimate of drug-likeness (QED) is 0.172. The first-order valence-corrected chi connectivity index (χ1v) is 18.0. The van der Waals surface area contributed by atoms with Crippen molar-refractivity contribution in [2.75, 3.05) is 6.61 Å². The van der Waals surface area contributed by atoms with Gasteiger partial charge >= 0.3 is 5.97 Å². The molecule has 0 aromatic heterocycles. The lowest BCUT2D eigenvalue weighted by molar-refractivity contribution is -0.143. The van der Waals surface area contributed by atoms with Gasteiger partial charge in [0.2, 0.25) is 0 Å². The van der Waals surface area contributed by atoms with Crippen molar-refractivity contribution in [2.45, 2.75) is 135 Å². The summed E-state index contributed by atoms with van der Waals surface area (Å²) in [4.78, 5) is 25.1. The first-order valence-electron chi connectivity index (χ1n) is 15.0. The van der Waals surface area contributed by atoms with Crippen LogP contribution in [0.4, 0.5) is 0 Å². The molecule has 5 nitrogen and oxygen atoms in total. The third kappa shape index (κ3) is 7.57. The number of rotatable bonds is 11. The SMILES string of the molecule is CCOC(=O)CCCC(C)(O)C1CC2C(/C=C/C(O[Si](C)(C)C(C)(C)C)C3CCCCC3)CCC2C1=O. The Morgan fingerprint density at radius 1 is 1.11 bits per heavy atom. The van der Waals surface area contributed by atoms with Crippen LogP contribution in [0.5, 0.6) is 0 Å². The van der Waals surface area contributed by atoms with Crippen molar-refractivity contribution in [1.82, 2.24) is 0 Å². The molecule has 3 aliphatic rings.